The first-order valence-corrected chi connectivity index (χ1v) is 13.4. The fraction of sp³-hybridized carbons (Fsp3) is 0.667. The predicted molar refractivity (Wildman–Crippen MR) is 118 cm³/mol. The van der Waals surface area contributed by atoms with E-state index in [1.807, 2.05) is 0 Å². The molecule has 1 N–H and O–H groups in total. The van der Waals surface area contributed by atoms with Crippen molar-refractivity contribution in [1.29, 1.82) is 0 Å². The van der Waals surface area contributed by atoms with Gasteiger partial charge in [0.05, 0.1) is 10.5 Å². The van der Waals surface area contributed by atoms with E-state index in [1.54, 1.807) is 6.07 Å². The third-order valence-electron chi connectivity index (χ3n) is 7.80. The summed E-state index contributed by atoms with van der Waals surface area (Å²) in [5, 5.41) is 3.19. The van der Waals surface area contributed by atoms with Gasteiger partial charge in [0, 0.05) is 18.6 Å². The Morgan fingerprint density at radius 3 is 2.25 bits per heavy atom. The van der Waals surface area contributed by atoms with Gasteiger partial charge in [0.2, 0.25) is 10.0 Å². The molecule has 1 aliphatic heterocycles. The molecule has 6 rings (SSSR count). The lowest BCUT2D eigenvalue weighted by Crippen LogP contribution is -2.60. The lowest BCUT2D eigenvalue weighted by Gasteiger charge is -2.56. The number of benzene rings is 1. The van der Waals surface area contributed by atoms with E-state index in [0.717, 1.165) is 38.5 Å². The topological polar surface area (TPSA) is 92.8 Å². The van der Waals surface area contributed by atoms with E-state index in [1.165, 1.54) is 41.8 Å². The quantitative estimate of drug-likeness (QED) is 0.659. The summed E-state index contributed by atoms with van der Waals surface area (Å²) in [6.45, 7) is 0.659. The zero-order chi connectivity index (χ0) is 22.3. The van der Waals surface area contributed by atoms with Gasteiger partial charge >= 0.3 is 5.97 Å². The van der Waals surface area contributed by atoms with E-state index in [4.69, 9.17) is 4.74 Å². The average Bonchev–Trinajstić information content (AvgIpc) is 2.77. The number of nitrogens with one attached hydrogen (secondary N) is 1. The number of piperidine rings is 1. The van der Waals surface area contributed by atoms with E-state index >= 15 is 0 Å². The standard InChI is InChI=1S/C24H32N2O5S/c27-22(25-24-13-17-9-18(14-24)11-19(10-17)15-24)16-31-23(28)20-5-4-6-21(12-20)32(29,30)26-7-2-1-3-8-26/h4-6,12,17-19H,1-3,7-11,13-16H2,(H,25,27). The summed E-state index contributed by atoms with van der Waals surface area (Å²) in [4.78, 5) is 25.3. The number of amides is 1. The molecule has 4 aliphatic carbocycles. The van der Waals surface area contributed by atoms with Crippen LogP contribution in [-0.2, 0) is 19.6 Å². The van der Waals surface area contributed by atoms with Crippen LogP contribution in [0.3, 0.4) is 0 Å². The van der Waals surface area contributed by atoms with Gasteiger partial charge in [0.25, 0.3) is 5.91 Å². The number of nitrogens with zero attached hydrogens (tertiary/aromatic N) is 1. The van der Waals surface area contributed by atoms with Crippen LogP contribution in [0.25, 0.3) is 0 Å². The summed E-state index contributed by atoms with van der Waals surface area (Å²) in [6, 6.07) is 5.92. The molecule has 1 amide bonds. The first kappa shape index (κ1) is 21.9. The molecule has 4 saturated carbocycles. The maximum absolute atomic E-state index is 12.9. The maximum atomic E-state index is 12.9. The number of ether oxygens (including phenoxy) is 1. The Morgan fingerprint density at radius 1 is 1.00 bits per heavy atom. The van der Waals surface area contributed by atoms with Gasteiger partial charge < -0.3 is 10.1 Å². The van der Waals surface area contributed by atoms with E-state index in [0.29, 0.717) is 30.8 Å². The molecule has 0 unspecified atom stereocenters. The van der Waals surface area contributed by atoms with Crippen LogP contribution in [-0.4, -0.2) is 49.8 Å². The number of carbonyl (C=O) groups is 2. The van der Waals surface area contributed by atoms with E-state index in [9.17, 15) is 18.0 Å². The average molecular weight is 461 g/mol. The van der Waals surface area contributed by atoms with E-state index in [2.05, 4.69) is 5.32 Å². The first-order valence-electron chi connectivity index (χ1n) is 11.9. The van der Waals surface area contributed by atoms with Crippen molar-refractivity contribution in [3.8, 4) is 0 Å². The summed E-state index contributed by atoms with van der Waals surface area (Å²) in [5.74, 6) is 1.20. The van der Waals surface area contributed by atoms with Gasteiger partial charge in [0.1, 0.15) is 0 Å². The molecule has 0 atom stereocenters. The maximum Gasteiger partial charge on any atom is 0.338 e. The van der Waals surface area contributed by atoms with E-state index in [-0.39, 0.29) is 28.5 Å². The largest absolute Gasteiger partial charge is 0.452 e. The highest BCUT2D eigenvalue weighted by Crippen LogP contribution is 2.55. The molecule has 0 spiro atoms. The molecule has 1 heterocycles. The molecule has 7 nitrogen and oxygen atoms in total. The molecule has 8 heteroatoms. The SMILES string of the molecule is O=C(COC(=O)c1cccc(S(=O)(=O)N2CCCCC2)c1)NC12CC3CC(CC(C3)C1)C2. The molecular weight excluding hydrogens is 428 g/mol. The van der Waals surface area contributed by atoms with Crippen LogP contribution in [0.15, 0.2) is 29.2 Å². The van der Waals surface area contributed by atoms with Crippen LogP contribution in [0.2, 0.25) is 0 Å². The van der Waals surface area contributed by atoms with Crippen LogP contribution in [0.5, 0.6) is 0 Å². The monoisotopic (exact) mass is 460 g/mol. The van der Waals surface area contributed by atoms with Gasteiger partial charge in [-0.25, -0.2) is 13.2 Å². The number of esters is 1. The van der Waals surface area contributed by atoms with Gasteiger partial charge in [-0.3, -0.25) is 4.79 Å². The van der Waals surface area contributed by atoms with Gasteiger partial charge in [0.15, 0.2) is 6.61 Å². The lowest BCUT2D eigenvalue weighted by molar-refractivity contribution is -0.130. The third-order valence-corrected chi connectivity index (χ3v) is 9.69. The molecule has 0 radical (unpaired) electrons. The second-order valence-corrected chi connectivity index (χ2v) is 12.3. The summed E-state index contributed by atoms with van der Waals surface area (Å²) in [5.41, 5.74) is 0.0198. The van der Waals surface area contributed by atoms with Gasteiger partial charge in [-0.1, -0.05) is 12.5 Å². The Bertz CT molecular complexity index is 964. The number of carbonyl (C=O) groups excluding carboxylic acids is 2. The van der Waals surface area contributed by atoms with Gasteiger partial charge in [-0.2, -0.15) is 4.31 Å². The molecule has 5 aliphatic rings. The Hall–Kier alpha value is -1.93. The summed E-state index contributed by atoms with van der Waals surface area (Å²) in [7, 11) is -3.63. The third kappa shape index (κ3) is 4.31. The normalized spacial score (nSPS) is 31.9. The zero-order valence-electron chi connectivity index (χ0n) is 18.4. The second-order valence-electron chi connectivity index (χ2n) is 10.3. The smallest absolute Gasteiger partial charge is 0.338 e. The molecule has 1 saturated heterocycles. The first-order chi connectivity index (χ1) is 15.3. The zero-order valence-corrected chi connectivity index (χ0v) is 19.2. The Kier molecular flexibility index (Phi) is 5.78. The Morgan fingerprint density at radius 2 is 1.62 bits per heavy atom. The number of sulfonamides is 1. The Labute approximate surface area is 189 Å². The van der Waals surface area contributed by atoms with Crippen molar-refractivity contribution in [2.45, 2.75) is 68.2 Å². The minimum Gasteiger partial charge on any atom is -0.452 e. The molecule has 5 fully saturated rings. The highest BCUT2D eigenvalue weighted by atomic mass is 32.2. The van der Waals surface area contributed by atoms with Crippen molar-refractivity contribution in [3.63, 3.8) is 0 Å². The van der Waals surface area contributed by atoms with Crippen LogP contribution in [0.1, 0.15) is 68.1 Å². The minimum atomic E-state index is -3.63. The van der Waals surface area contributed by atoms with Gasteiger partial charge in [-0.15, -0.1) is 0 Å². The molecule has 32 heavy (non-hydrogen) atoms. The molecule has 4 bridgehead atoms. The number of hydrogen-bond acceptors (Lipinski definition) is 5. The highest BCUT2D eigenvalue weighted by molar-refractivity contribution is 7.89. The Balaban J connectivity index is 1.19. The van der Waals surface area contributed by atoms with Crippen molar-refractivity contribution >= 4 is 21.9 Å². The summed E-state index contributed by atoms with van der Waals surface area (Å²) >= 11 is 0. The van der Waals surface area contributed by atoms with Crippen LogP contribution >= 0.6 is 0 Å². The van der Waals surface area contributed by atoms with Crippen molar-refractivity contribution in [2.24, 2.45) is 17.8 Å². The summed E-state index contributed by atoms with van der Waals surface area (Å²) < 4.78 is 32.5. The minimum absolute atomic E-state index is 0.0897. The summed E-state index contributed by atoms with van der Waals surface area (Å²) in [6.07, 6.45) is 9.71. The van der Waals surface area contributed by atoms with Crippen LogP contribution < -0.4 is 5.32 Å². The molecule has 1 aromatic rings. The van der Waals surface area contributed by atoms with Crippen molar-refractivity contribution < 1.29 is 22.7 Å². The van der Waals surface area contributed by atoms with Crippen molar-refractivity contribution in [1.82, 2.24) is 9.62 Å². The van der Waals surface area contributed by atoms with Crippen LogP contribution in [0, 0.1) is 17.8 Å². The fourth-order valence-electron chi connectivity index (χ4n) is 6.85. The fourth-order valence-corrected chi connectivity index (χ4v) is 8.41. The van der Waals surface area contributed by atoms with Crippen molar-refractivity contribution in [2.75, 3.05) is 19.7 Å². The molecular formula is C24H32N2O5S. The van der Waals surface area contributed by atoms with Crippen LogP contribution in [0.4, 0.5) is 0 Å². The number of hydrogen-bond donors (Lipinski definition) is 1. The predicted octanol–water partition coefficient (Wildman–Crippen LogP) is 3.10. The highest BCUT2D eigenvalue weighted by Gasteiger charge is 2.51. The molecule has 174 valence electrons. The lowest BCUT2D eigenvalue weighted by atomic mass is 9.53. The molecule has 0 aromatic heterocycles. The molecule has 1 aromatic carbocycles. The van der Waals surface area contributed by atoms with Crippen molar-refractivity contribution in [3.05, 3.63) is 29.8 Å². The van der Waals surface area contributed by atoms with Gasteiger partial charge in [-0.05, 0) is 87.3 Å². The van der Waals surface area contributed by atoms with E-state index < -0.39 is 16.0 Å². The number of rotatable bonds is 6. The second kappa shape index (κ2) is 8.45.